The van der Waals surface area contributed by atoms with Gasteiger partial charge in [0, 0.05) is 16.7 Å². The van der Waals surface area contributed by atoms with Gasteiger partial charge in [-0.3, -0.25) is 4.57 Å². The van der Waals surface area contributed by atoms with Gasteiger partial charge in [-0.25, -0.2) is 4.98 Å². The van der Waals surface area contributed by atoms with Crippen LogP contribution in [0.5, 0.6) is 0 Å². The van der Waals surface area contributed by atoms with E-state index in [0.717, 1.165) is 0 Å². The number of imidazole rings is 1. The highest BCUT2D eigenvalue weighted by Crippen LogP contribution is 2.51. The molecule has 1 heterocycles. The van der Waals surface area contributed by atoms with Gasteiger partial charge in [0.15, 0.2) is 0 Å². The average molecular weight is 659 g/mol. The maximum Gasteiger partial charge on any atom is 0.145 e. The third-order valence-electron chi connectivity index (χ3n) is 9.33. The Labute approximate surface area is 320 Å². The molecule has 0 amide bonds. The molecule has 9 aromatic rings. The molecular weight excluding hydrogens is 605 g/mol. The normalized spacial score (nSPS) is 18.8. The molecule has 0 spiro atoms. The molecule has 0 bridgehead atoms. The Morgan fingerprint density at radius 3 is 1.78 bits per heavy atom. The minimum Gasteiger partial charge on any atom is -0.292 e. The molecule has 1 aliphatic rings. The summed E-state index contributed by atoms with van der Waals surface area (Å²) in [5.74, 6) is 0.159. The number of rotatable bonds is 4. The SMILES string of the molecule is [2H]c1c([2H])c([2H])c(-n2c(-c3ccc(-c4c5c([2H])c([2H])c([2H])c([2H])c5c(-c5c([2H])c([2H])c6c(c5[2H])C(C)(C)c5c([2H])c([2H])c([2H])c([2H])c5-6)c5c([2H])c([2H])c([2H])c([2H])c45)cc3)nc3ccccc32)c([2H])c1[2H]. The van der Waals surface area contributed by atoms with Crippen LogP contribution in [0.1, 0.15) is 52.4 Å². The van der Waals surface area contributed by atoms with E-state index in [1.54, 1.807) is 50.2 Å². The fraction of sp³-hybridized carbons (Fsp3) is 0.0625. The minimum absolute atomic E-state index is 0.0165. The van der Waals surface area contributed by atoms with Crippen molar-refractivity contribution in [2.24, 2.45) is 0 Å². The van der Waals surface area contributed by atoms with Crippen molar-refractivity contribution in [3.05, 3.63) is 181 Å². The van der Waals surface area contributed by atoms with Crippen molar-refractivity contribution < 1.29 is 27.4 Å². The van der Waals surface area contributed by atoms with Crippen molar-refractivity contribution in [3.63, 3.8) is 0 Å². The van der Waals surface area contributed by atoms with Gasteiger partial charge in [0.2, 0.25) is 0 Å². The summed E-state index contributed by atoms with van der Waals surface area (Å²) in [6, 6.07) is 0.972. The van der Waals surface area contributed by atoms with Gasteiger partial charge in [-0.1, -0.05) is 153 Å². The lowest BCUT2D eigenvalue weighted by molar-refractivity contribution is 0.660. The summed E-state index contributed by atoms with van der Waals surface area (Å²) in [4.78, 5) is 4.79. The monoisotopic (exact) mass is 658 g/mol. The Hall–Kier alpha value is -6.25. The predicted molar refractivity (Wildman–Crippen MR) is 210 cm³/mol. The fourth-order valence-corrected chi connectivity index (χ4v) is 7.03. The Morgan fingerprint density at radius 2 is 1.08 bits per heavy atom. The summed E-state index contributed by atoms with van der Waals surface area (Å²) < 4.78 is 181. The lowest BCUT2D eigenvalue weighted by Crippen LogP contribution is -2.14. The number of para-hydroxylation sites is 3. The van der Waals surface area contributed by atoms with Gasteiger partial charge in [-0.15, -0.1) is 0 Å². The highest BCUT2D eigenvalue weighted by Gasteiger charge is 2.35. The van der Waals surface area contributed by atoms with E-state index in [0.29, 0.717) is 16.6 Å². The third-order valence-corrected chi connectivity index (χ3v) is 9.33. The zero-order valence-electron chi connectivity index (χ0n) is 46.5. The minimum atomic E-state index is -1.41. The molecule has 236 valence electrons. The van der Waals surface area contributed by atoms with Gasteiger partial charge in [0.1, 0.15) is 5.82 Å². The molecule has 2 nitrogen and oxygen atoms in total. The van der Waals surface area contributed by atoms with E-state index in [1.165, 1.54) is 16.7 Å². The van der Waals surface area contributed by atoms with Crippen LogP contribution in [0, 0.1) is 0 Å². The molecule has 0 N–H and O–H groups in total. The lowest BCUT2D eigenvalue weighted by Gasteiger charge is -2.23. The maximum absolute atomic E-state index is 9.91. The van der Waals surface area contributed by atoms with Crippen LogP contribution in [0.15, 0.2) is 169 Å². The van der Waals surface area contributed by atoms with Crippen molar-refractivity contribution >= 4 is 32.6 Å². The topological polar surface area (TPSA) is 17.8 Å². The molecule has 50 heavy (non-hydrogen) atoms. The van der Waals surface area contributed by atoms with Crippen LogP contribution < -0.4 is 0 Å². The standard InChI is InChI=1S/C48H34N2/c1-48(2)41-21-11-10-16-35(41)36-29-28-33(30-42(36)48)46-39-19-8-6-17-37(39)45(38-18-7-9-20-40(38)46)31-24-26-32(27-25-31)47-49-43-22-12-13-23-44(43)50(47)34-14-4-3-5-15-34/h3-30H,1-2H3/i3D,4D,5D,6D,7D,8D,9D,10D,11D,14D,15D,16D,17D,18D,19D,20D,21D,28D,29D,30D. The molecule has 2 heteroatoms. The van der Waals surface area contributed by atoms with Crippen LogP contribution >= 0.6 is 0 Å². The van der Waals surface area contributed by atoms with Crippen LogP contribution in [0.25, 0.3) is 83.0 Å². The summed E-state index contributed by atoms with van der Waals surface area (Å²) in [5.41, 5.74) is -1.12. The first-order chi connectivity index (χ1) is 32.9. The number of aromatic nitrogens is 2. The molecule has 0 aliphatic heterocycles. The van der Waals surface area contributed by atoms with E-state index in [4.69, 9.17) is 22.8 Å². The number of nitrogens with zero attached hydrogens (tertiary/aromatic N) is 2. The van der Waals surface area contributed by atoms with E-state index in [9.17, 15) is 9.60 Å². The summed E-state index contributed by atoms with van der Waals surface area (Å²) in [6.45, 7) is 3.20. The molecule has 10 rings (SSSR count). The van der Waals surface area contributed by atoms with Gasteiger partial charge in [-0.2, -0.15) is 0 Å². The summed E-state index contributed by atoms with van der Waals surface area (Å²) >= 11 is 0. The average Bonchev–Trinajstić information content (AvgIpc) is 3.84. The molecule has 1 aliphatic carbocycles. The van der Waals surface area contributed by atoms with Crippen molar-refractivity contribution in [3.8, 4) is 50.5 Å². The van der Waals surface area contributed by atoms with Crippen LogP contribution in [-0.2, 0) is 5.41 Å². The smallest absolute Gasteiger partial charge is 0.145 e. The molecule has 0 saturated carbocycles. The Bertz CT molecular complexity index is 3800. The molecule has 0 saturated heterocycles. The first kappa shape index (κ1) is 15.1. The van der Waals surface area contributed by atoms with E-state index in [1.807, 2.05) is 0 Å². The number of fused-ring (bicyclic) bond motifs is 6. The highest BCUT2D eigenvalue weighted by atomic mass is 15.1. The maximum atomic E-state index is 9.91. The molecular formula is C48H34N2. The van der Waals surface area contributed by atoms with Gasteiger partial charge in [0.05, 0.1) is 38.4 Å². The van der Waals surface area contributed by atoms with Crippen LogP contribution in [0.4, 0.5) is 0 Å². The van der Waals surface area contributed by atoms with Gasteiger partial charge in [0.25, 0.3) is 0 Å². The number of hydrogen-bond donors (Lipinski definition) is 0. The lowest BCUT2D eigenvalue weighted by atomic mass is 9.80. The Kier molecular flexibility index (Phi) is 3.29. The fourth-order valence-electron chi connectivity index (χ4n) is 7.03. The predicted octanol–water partition coefficient (Wildman–Crippen LogP) is 12.6. The molecule has 1 aromatic heterocycles. The second-order valence-electron chi connectivity index (χ2n) is 12.4. The quantitative estimate of drug-likeness (QED) is 0.172. The summed E-state index contributed by atoms with van der Waals surface area (Å²) in [7, 11) is 0. The Morgan fingerprint density at radius 1 is 0.520 bits per heavy atom. The van der Waals surface area contributed by atoms with E-state index in [-0.39, 0.29) is 72.0 Å². The first-order valence-electron chi connectivity index (χ1n) is 25.8. The van der Waals surface area contributed by atoms with Crippen molar-refractivity contribution in [1.29, 1.82) is 0 Å². The molecule has 0 fully saturated rings. The van der Waals surface area contributed by atoms with Crippen molar-refractivity contribution in [2.45, 2.75) is 19.3 Å². The molecule has 8 aromatic carbocycles. The van der Waals surface area contributed by atoms with Crippen LogP contribution in [-0.4, -0.2) is 9.55 Å². The van der Waals surface area contributed by atoms with Crippen LogP contribution in [0.2, 0.25) is 0 Å². The third kappa shape index (κ3) is 4.18. The highest BCUT2D eigenvalue weighted by molar-refractivity contribution is 6.21. The van der Waals surface area contributed by atoms with Gasteiger partial charge >= 0.3 is 0 Å². The second kappa shape index (κ2) is 10.9. The summed E-state index contributed by atoms with van der Waals surface area (Å²) in [5, 5.41) is -1.15. The van der Waals surface area contributed by atoms with Crippen molar-refractivity contribution in [1.82, 2.24) is 9.55 Å². The largest absolute Gasteiger partial charge is 0.292 e. The second-order valence-corrected chi connectivity index (χ2v) is 12.4. The first-order valence-corrected chi connectivity index (χ1v) is 15.8. The van der Waals surface area contributed by atoms with Gasteiger partial charge < -0.3 is 0 Å². The van der Waals surface area contributed by atoms with Crippen LogP contribution in [0.3, 0.4) is 0 Å². The van der Waals surface area contributed by atoms with E-state index in [2.05, 4.69) is 0 Å². The number of hydrogen-bond acceptors (Lipinski definition) is 1. The van der Waals surface area contributed by atoms with Gasteiger partial charge in [-0.05, 0) is 96.3 Å². The van der Waals surface area contributed by atoms with Crippen molar-refractivity contribution in [2.75, 3.05) is 0 Å². The zero-order valence-corrected chi connectivity index (χ0v) is 26.5. The number of benzene rings is 8. The molecule has 0 radical (unpaired) electrons. The molecule has 0 unspecified atom stereocenters. The Balaban J connectivity index is 1.33. The van der Waals surface area contributed by atoms with E-state index < -0.39 is 132 Å². The molecule has 0 atom stereocenters. The summed E-state index contributed by atoms with van der Waals surface area (Å²) in [6.07, 6.45) is 0. The van der Waals surface area contributed by atoms with E-state index >= 15 is 0 Å². The zero-order chi connectivity index (χ0) is 50.8.